The minimum absolute atomic E-state index is 0.243. The first-order valence-electron chi connectivity index (χ1n) is 4.72. The molecule has 16 heavy (non-hydrogen) atoms. The zero-order valence-corrected chi connectivity index (χ0v) is 9.67. The minimum Gasteiger partial charge on any atom is -0.383 e. The van der Waals surface area contributed by atoms with Gasteiger partial charge in [-0.25, -0.2) is 0 Å². The predicted molar refractivity (Wildman–Crippen MR) is 63.5 cm³/mol. The lowest BCUT2D eigenvalue weighted by molar-refractivity contribution is 0.0938. The third-order valence-corrected chi connectivity index (χ3v) is 2.21. The summed E-state index contributed by atoms with van der Waals surface area (Å²) in [5, 5.41) is 3.17. The summed E-state index contributed by atoms with van der Waals surface area (Å²) in [5.74, 6) is 5.05. The topological polar surface area (TPSA) is 76.4 Å². The van der Waals surface area contributed by atoms with Crippen LogP contribution in [0.5, 0.6) is 0 Å². The summed E-state index contributed by atoms with van der Waals surface area (Å²) >= 11 is 5.81. The zero-order valence-electron chi connectivity index (χ0n) is 8.92. The molecule has 0 heterocycles. The van der Waals surface area contributed by atoms with Gasteiger partial charge >= 0.3 is 0 Å². The minimum atomic E-state index is -0.243. The van der Waals surface area contributed by atoms with Crippen LogP contribution in [0.4, 0.5) is 5.69 Å². The Morgan fingerprint density at radius 2 is 2.31 bits per heavy atom. The van der Waals surface area contributed by atoms with Gasteiger partial charge in [-0.05, 0) is 18.2 Å². The SMILES string of the molecule is COCCNC(=O)c1cc(Cl)ccc1NN. The number of rotatable bonds is 5. The summed E-state index contributed by atoms with van der Waals surface area (Å²) in [6, 6.07) is 4.86. The van der Waals surface area contributed by atoms with Gasteiger partial charge in [0.15, 0.2) is 0 Å². The number of halogens is 1. The lowest BCUT2D eigenvalue weighted by atomic mass is 10.1. The predicted octanol–water partition coefficient (Wildman–Crippen LogP) is 1.00. The van der Waals surface area contributed by atoms with Crippen molar-refractivity contribution in [1.29, 1.82) is 0 Å². The number of nitrogen functional groups attached to an aromatic ring is 1. The Morgan fingerprint density at radius 3 is 2.94 bits per heavy atom. The van der Waals surface area contributed by atoms with E-state index in [1.54, 1.807) is 25.3 Å². The average Bonchev–Trinajstić information content (AvgIpc) is 2.29. The van der Waals surface area contributed by atoms with Gasteiger partial charge in [-0.15, -0.1) is 0 Å². The van der Waals surface area contributed by atoms with Crippen molar-refractivity contribution in [3.63, 3.8) is 0 Å². The van der Waals surface area contributed by atoms with Crippen LogP contribution in [0, 0.1) is 0 Å². The molecule has 0 unspecified atom stereocenters. The van der Waals surface area contributed by atoms with Gasteiger partial charge in [0.05, 0.1) is 17.9 Å². The lowest BCUT2D eigenvalue weighted by Crippen LogP contribution is -2.28. The fourth-order valence-electron chi connectivity index (χ4n) is 1.19. The highest BCUT2D eigenvalue weighted by Crippen LogP contribution is 2.19. The molecule has 0 aromatic heterocycles. The molecule has 1 amide bonds. The summed E-state index contributed by atoms with van der Waals surface area (Å²) in [7, 11) is 1.57. The quantitative estimate of drug-likeness (QED) is 0.410. The van der Waals surface area contributed by atoms with Crippen LogP contribution in [0.3, 0.4) is 0 Å². The largest absolute Gasteiger partial charge is 0.383 e. The van der Waals surface area contributed by atoms with Crippen molar-refractivity contribution < 1.29 is 9.53 Å². The first-order valence-corrected chi connectivity index (χ1v) is 5.10. The maximum atomic E-state index is 11.7. The zero-order chi connectivity index (χ0) is 12.0. The first-order chi connectivity index (χ1) is 7.69. The van der Waals surface area contributed by atoms with Crippen molar-refractivity contribution in [1.82, 2.24) is 5.32 Å². The van der Waals surface area contributed by atoms with Crippen LogP contribution in [-0.4, -0.2) is 26.2 Å². The summed E-state index contributed by atoms with van der Waals surface area (Å²) in [5.41, 5.74) is 3.38. The molecule has 1 aromatic carbocycles. The lowest BCUT2D eigenvalue weighted by Gasteiger charge is -2.09. The van der Waals surface area contributed by atoms with Crippen molar-refractivity contribution in [2.24, 2.45) is 5.84 Å². The van der Waals surface area contributed by atoms with E-state index < -0.39 is 0 Å². The van der Waals surface area contributed by atoms with Crippen LogP contribution in [0.25, 0.3) is 0 Å². The number of methoxy groups -OCH3 is 1. The van der Waals surface area contributed by atoms with Crippen molar-refractivity contribution in [2.45, 2.75) is 0 Å². The number of carbonyl (C=O) groups excluding carboxylic acids is 1. The molecule has 0 spiro atoms. The number of hydrazine groups is 1. The van der Waals surface area contributed by atoms with E-state index in [0.717, 1.165) is 0 Å². The molecule has 6 heteroatoms. The van der Waals surface area contributed by atoms with Gasteiger partial charge in [-0.2, -0.15) is 0 Å². The van der Waals surface area contributed by atoms with E-state index in [1.807, 2.05) is 0 Å². The van der Waals surface area contributed by atoms with Crippen molar-refractivity contribution in [3.05, 3.63) is 28.8 Å². The van der Waals surface area contributed by atoms with Gasteiger partial charge in [0.2, 0.25) is 0 Å². The number of hydrogen-bond acceptors (Lipinski definition) is 4. The number of amides is 1. The van der Waals surface area contributed by atoms with Gasteiger partial charge in [0.1, 0.15) is 0 Å². The second-order valence-electron chi connectivity index (χ2n) is 3.08. The summed E-state index contributed by atoms with van der Waals surface area (Å²) < 4.78 is 4.83. The second kappa shape index (κ2) is 6.32. The van der Waals surface area contributed by atoms with E-state index in [9.17, 15) is 4.79 Å². The van der Waals surface area contributed by atoms with E-state index in [0.29, 0.717) is 29.4 Å². The molecule has 5 nitrogen and oxygen atoms in total. The molecule has 0 saturated carbocycles. The Morgan fingerprint density at radius 1 is 1.56 bits per heavy atom. The molecule has 88 valence electrons. The number of nitrogens with two attached hydrogens (primary N) is 1. The Labute approximate surface area is 98.9 Å². The van der Waals surface area contributed by atoms with Crippen LogP contribution >= 0.6 is 11.6 Å². The molecular formula is C10H14ClN3O2. The molecular weight excluding hydrogens is 230 g/mol. The summed E-state index contributed by atoms with van der Waals surface area (Å²) in [4.78, 5) is 11.7. The summed E-state index contributed by atoms with van der Waals surface area (Å²) in [6.45, 7) is 0.892. The molecule has 1 aromatic rings. The Hall–Kier alpha value is -1.30. The fourth-order valence-corrected chi connectivity index (χ4v) is 1.36. The van der Waals surface area contributed by atoms with Crippen molar-refractivity contribution in [3.8, 4) is 0 Å². The molecule has 0 bridgehead atoms. The molecule has 0 radical (unpaired) electrons. The van der Waals surface area contributed by atoms with Crippen LogP contribution < -0.4 is 16.6 Å². The van der Waals surface area contributed by atoms with Gasteiger partial charge in [0.25, 0.3) is 5.91 Å². The van der Waals surface area contributed by atoms with Crippen LogP contribution in [-0.2, 0) is 4.74 Å². The molecule has 0 atom stereocenters. The van der Waals surface area contributed by atoms with Gasteiger partial charge in [0, 0.05) is 18.7 Å². The monoisotopic (exact) mass is 243 g/mol. The van der Waals surface area contributed by atoms with Gasteiger partial charge in [-0.3, -0.25) is 10.6 Å². The molecule has 0 aliphatic rings. The fraction of sp³-hybridized carbons (Fsp3) is 0.300. The normalized spacial score (nSPS) is 9.94. The highest BCUT2D eigenvalue weighted by molar-refractivity contribution is 6.31. The Kier molecular flexibility index (Phi) is 5.04. The first kappa shape index (κ1) is 12.8. The molecule has 1 rings (SSSR count). The molecule has 0 saturated heterocycles. The molecule has 0 aliphatic carbocycles. The highest BCUT2D eigenvalue weighted by atomic mass is 35.5. The third-order valence-electron chi connectivity index (χ3n) is 1.97. The van der Waals surface area contributed by atoms with Gasteiger partial charge in [-0.1, -0.05) is 11.6 Å². The number of nitrogens with one attached hydrogen (secondary N) is 2. The molecule has 0 aliphatic heterocycles. The standard InChI is InChI=1S/C10H14ClN3O2/c1-16-5-4-13-10(15)8-6-7(11)2-3-9(8)14-12/h2-3,6,14H,4-5,12H2,1H3,(H,13,15). The van der Waals surface area contributed by atoms with E-state index in [1.165, 1.54) is 0 Å². The number of anilines is 1. The number of benzene rings is 1. The smallest absolute Gasteiger partial charge is 0.253 e. The van der Waals surface area contributed by atoms with Crippen LogP contribution in [0.1, 0.15) is 10.4 Å². The highest BCUT2D eigenvalue weighted by Gasteiger charge is 2.10. The summed E-state index contributed by atoms with van der Waals surface area (Å²) in [6.07, 6.45) is 0. The van der Waals surface area contributed by atoms with Crippen molar-refractivity contribution in [2.75, 3.05) is 25.7 Å². The van der Waals surface area contributed by atoms with Gasteiger partial charge < -0.3 is 15.5 Å². The van der Waals surface area contributed by atoms with E-state index in [-0.39, 0.29) is 5.91 Å². The molecule has 0 fully saturated rings. The maximum absolute atomic E-state index is 11.7. The average molecular weight is 244 g/mol. The third kappa shape index (κ3) is 3.37. The second-order valence-corrected chi connectivity index (χ2v) is 3.52. The Balaban J connectivity index is 2.76. The molecule has 4 N–H and O–H groups in total. The number of carbonyl (C=O) groups is 1. The number of hydrogen-bond donors (Lipinski definition) is 3. The van der Waals surface area contributed by atoms with E-state index in [4.69, 9.17) is 22.2 Å². The Bertz CT molecular complexity index is 371. The van der Waals surface area contributed by atoms with Crippen molar-refractivity contribution >= 4 is 23.2 Å². The van der Waals surface area contributed by atoms with E-state index >= 15 is 0 Å². The van der Waals surface area contributed by atoms with Crippen LogP contribution in [0.2, 0.25) is 5.02 Å². The number of ether oxygens (including phenoxy) is 1. The van der Waals surface area contributed by atoms with Crippen LogP contribution in [0.15, 0.2) is 18.2 Å². The maximum Gasteiger partial charge on any atom is 0.253 e. The van der Waals surface area contributed by atoms with E-state index in [2.05, 4.69) is 10.7 Å².